The van der Waals surface area contributed by atoms with Gasteiger partial charge in [-0.1, -0.05) is 24.3 Å². The van der Waals surface area contributed by atoms with Crippen molar-refractivity contribution in [2.45, 2.75) is 25.8 Å². The number of carbonyl (C=O) groups excluding carboxylic acids is 1. The van der Waals surface area contributed by atoms with Crippen LogP contribution in [0, 0.1) is 12.8 Å². The lowest BCUT2D eigenvalue weighted by molar-refractivity contribution is -0.142. The van der Waals surface area contributed by atoms with E-state index in [0.29, 0.717) is 24.3 Å². The predicted molar refractivity (Wildman–Crippen MR) is 94.8 cm³/mol. The second-order valence-corrected chi connectivity index (χ2v) is 6.54. The highest BCUT2D eigenvalue weighted by atomic mass is 32.2. The number of carboxylic acids is 1. The average Bonchev–Trinajstić information content (AvgIpc) is 2.50. The van der Waals surface area contributed by atoms with Gasteiger partial charge in [0.2, 0.25) is 5.91 Å². The summed E-state index contributed by atoms with van der Waals surface area (Å²) in [6.45, 7) is 2.00. The first-order chi connectivity index (χ1) is 10.5. The lowest BCUT2D eigenvalue weighted by atomic mass is 9.96. The van der Waals surface area contributed by atoms with Gasteiger partial charge in [0.25, 0.3) is 0 Å². The number of thioether (sulfide) groups is 1. The van der Waals surface area contributed by atoms with Crippen molar-refractivity contribution in [3.8, 4) is 0 Å². The number of carboxylic acid groups (broad SMARTS) is 1. The Bertz CT molecular complexity index is 508. The van der Waals surface area contributed by atoms with E-state index < -0.39 is 12.0 Å². The van der Waals surface area contributed by atoms with E-state index in [1.54, 1.807) is 11.8 Å². The van der Waals surface area contributed by atoms with E-state index in [4.69, 9.17) is 0 Å². The molecular formula is C16H23NO3S2. The first kappa shape index (κ1) is 18.9. The number of benzene rings is 1. The largest absolute Gasteiger partial charge is 0.480 e. The molecule has 1 amide bonds. The topological polar surface area (TPSA) is 66.4 Å². The maximum absolute atomic E-state index is 12.3. The van der Waals surface area contributed by atoms with Crippen LogP contribution in [0.2, 0.25) is 0 Å². The van der Waals surface area contributed by atoms with Crippen LogP contribution in [-0.2, 0) is 16.0 Å². The van der Waals surface area contributed by atoms with Crippen molar-refractivity contribution >= 4 is 36.3 Å². The second kappa shape index (κ2) is 9.79. The van der Waals surface area contributed by atoms with Crippen LogP contribution in [0.5, 0.6) is 0 Å². The summed E-state index contributed by atoms with van der Waals surface area (Å²) < 4.78 is 0. The van der Waals surface area contributed by atoms with Gasteiger partial charge in [-0.25, -0.2) is 4.79 Å². The van der Waals surface area contributed by atoms with Crippen LogP contribution in [-0.4, -0.2) is 40.8 Å². The van der Waals surface area contributed by atoms with E-state index in [9.17, 15) is 14.7 Å². The Morgan fingerprint density at radius 3 is 2.59 bits per heavy atom. The molecule has 1 aromatic rings. The van der Waals surface area contributed by atoms with Crippen LogP contribution in [0.25, 0.3) is 0 Å². The molecule has 0 saturated carbocycles. The number of hydrogen-bond acceptors (Lipinski definition) is 4. The Labute approximate surface area is 141 Å². The standard InChI is InChI=1S/C16H23NO3S2/c1-11-5-3-4-6-12(11)9-13(10-21)15(18)17-14(16(19)20)7-8-22-2/h3-6,13-14,21H,7-10H2,1-2H3,(H,17,18)(H,19,20)/t13-,14+/m1/s1. The quantitative estimate of drug-likeness (QED) is 0.604. The van der Waals surface area contributed by atoms with Crippen molar-refractivity contribution in [2.75, 3.05) is 17.8 Å². The van der Waals surface area contributed by atoms with Crippen molar-refractivity contribution in [3.63, 3.8) is 0 Å². The van der Waals surface area contributed by atoms with Crippen LogP contribution in [0.4, 0.5) is 0 Å². The molecule has 0 aliphatic heterocycles. The number of rotatable bonds is 9. The van der Waals surface area contributed by atoms with Gasteiger partial charge >= 0.3 is 5.97 Å². The maximum Gasteiger partial charge on any atom is 0.326 e. The SMILES string of the molecule is CSCC[C@H](NC(=O)[C@@H](CS)Cc1ccccc1C)C(=O)O. The van der Waals surface area contributed by atoms with Gasteiger partial charge in [0.05, 0.1) is 5.92 Å². The van der Waals surface area contributed by atoms with Crippen molar-refractivity contribution in [3.05, 3.63) is 35.4 Å². The molecule has 1 rings (SSSR count). The summed E-state index contributed by atoms with van der Waals surface area (Å²) in [5.41, 5.74) is 2.21. The Hall–Kier alpha value is -1.14. The zero-order chi connectivity index (χ0) is 16.5. The molecule has 0 saturated heterocycles. The van der Waals surface area contributed by atoms with Crippen LogP contribution in [0.15, 0.2) is 24.3 Å². The summed E-state index contributed by atoms with van der Waals surface area (Å²) in [6, 6.07) is 7.05. The summed E-state index contributed by atoms with van der Waals surface area (Å²) in [5, 5.41) is 11.8. The smallest absolute Gasteiger partial charge is 0.326 e. The van der Waals surface area contributed by atoms with E-state index in [0.717, 1.165) is 11.1 Å². The molecule has 0 aliphatic rings. The van der Waals surface area contributed by atoms with Gasteiger partial charge < -0.3 is 10.4 Å². The summed E-state index contributed by atoms with van der Waals surface area (Å²) in [5.74, 6) is -0.487. The molecule has 0 radical (unpaired) electrons. The minimum absolute atomic E-state index is 0.244. The first-order valence-electron chi connectivity index (χ1n) is 7.17. The van der Waals surface area contributed by atoms with E-state index in [-0.39, 0.29) is 11.8 Å². The number of nitrogens with one attached hydrogen (secondary N) is 1. The van der Waals surface area contributed by atoms with Gasteiger partial charge in [0.1, 0.15) is 6.04 Å². The number of thiol groups is 1. The molecule has 22 heavy (non-hydrogen) atoms. The summed E-state index contributed by atoms with van der Waals surface area (Å²) in [7, 11) is 0. The van der Waals surface area contributed by atoms with E-state index in [1.807, 2.05) is 37.4 Å². The fourth-order valence-electron chi connectivity index (χ4n) is 2.13. The van der Waals surface area contributed by atoms with Gasteiger partial charge in [-0.2, -0.15) is 24.4 Å². The number of aryl methyl sites for hydroxylation is 1. The fourth-order valence-corrected chi connectivity index (χ4v) is 2.89. The molecule has 122 valence electrons. The molecule has 0 heterocycles. The summed E-state index contributed by atoms with van der Waals surface area (Å²) in [4.78, 5) is 23.6. The highest BCUT2D eigenvalue weighted by molar-refractivity contribution is 7.98. The molecule has 1 aromatic carbocycles. The molecular weight excluding hydrogens is 318 g/mol. The molecule has 4 nitrogen and oxygen atoms in total. The summed E-state index contributed by atoms with van der Waals surface area (Å²) >= 11 is 5.82. The maximum atomic E-state index is 12.3. The number of hydrogen-bond donors (Lipinski definition) is 3. The normalized spacial score (nSPS) is 13.4. The molecule has 0 spiro atoms. The third-order valence-corrected chi connectivity index (χ3v) is 4.63. The van der Waals surface area contributed by atoms with Crippen LogP contribution in [0.1, 0.15) is 17.5 Å². The number of amides is 1. The third-order valence-electron chi connectivity index (χ3n) is 3.54. The Balaban J connectivity index is 2.71. The lowest BCUT2D eigenvalue weighted by Gasteiger charge is -2.19. The predicted octanol–water partition coefficient (Wildman–Crippen LogP) is 2.41. The minimum Gasteiger partial charge on any atom is -0.480 e. The van der Waals surface area contributed by atoms with Crippen molar-refractivity contribution < 1.29 is 14.7 Å². The van der Waals surface area contributed by atoms with Gasteiger partial charge in [0, 0.05) is 5.75 Å². The van der Waals surface area contributed by atoms with Crippen LogP contribution >= 0.6 is 24.4 Å². The van der Waals surface area contributed by atoms with Crippen molar-refractivity contribution in [1.29, 1.82) is 0 Å². The monoisotopic (exact) mass is 341 g/mol. The molecule has 0 aliphatic carbocycles. The molecule has 0 bridgehead atoms. The summed E-state index contributed by atoms with van der Waals surface area (Å²) in [6.07, 6.45) is 2.90. The van der Waals surface area contributed by atoms with Gasteiger partial charge in [-0.05, 0) is 42.9 Å². The zero-order valence-electron chi connectivity index (χ0n) is 12.9. The van der Waals surface area contributed by atoms with Crippen molar-refractivity contribution in [1.82, 2.24) is 5.32 Å². The highest BCUT2D eigenvalue weighted by Crippen LogP contribution is 2.15. The first-order valence-corrected chi connectivity index (χ1v) is 9.19. The van der Waals surface area contributed by atoms with E-state index >= 15 is 0 Å². The fraction of sp³-hybridized carbons (Fsp3) is 0.500. The lowest BCUT2D eigenvalue weighted by Crippen LogP contribution is -2.44. The Kier molecular flexibility index (Phi) is 8.42. The molecule has 2 N–H and O–H groups in total. The average molecular weight is 341 g/mol. The Morgan fingerprint density at radius 1 is 1.36 bits per heavy atom. The molecule has 2 atom stereocenters. The van der Waals surface area contributed by atoms with Gasteiger partial charge in [-0.3, -0.25) is 4.79 Å². The number of aliphatic carboxylic acids is 1. The highest BCUT2D eigenvalue weighted by Gasteiger charge is 2.24. The minimum atomic E-state index is -0.990. The van der Waals surface area contributed by atoms with E-state index in [2.05, 4.69) is 17.9 Å². The van der Waals surface area contributed by atoms with E-state index in [1.165, 1.54) is 0 Å². The molecule has 0 unspecified atom stereocenters. The van der Waals surface area contributed by atoms with Crippen molar-refractivity contribution in [2.24, 2.45) is 5.92 Å². The van der Waals surface area contributed by atoms with Gasteiger partial charge in [-0.15, -0.1) is 0 Å². The molecule has 0 aromatic heterocycles. The van der Waals surface area contributed by atoms with Gasteiger partial charge in [0.15, 0.2) is 0 Å². The Morgan fingerprint density at radius 2 is 2.05 bits per heavy atom. The number of carbonyl (C=O) groups is 2. The second-order valence-electron chi connectivity index (χ2n) is 5.19. The molecule has 0 fully saturated rings. The zero-order valence-corrected chi connectivity index (χ0v) is 14.6. The van der Waals surface area contributed by atoms with Crippen LogP contribution in [0.3, 0.4) is 0 Å². The van der Waals surface area contributed by atoms with Crippen LogP contribution < -0.4 is 5.32 Å². The third kappa shape index (κ3) is 5.93. The molecule has 6 heteroatoms.